The molecule has 0 radical (unpaired) electrons. The summed E-state index contributed by atoms with van der Waals surface area (Å²) in [5.74, 6) is -1.44. The summed E-state index contributed by atoms with van der Waals surface area (Å²) in [7, 11) is 0. The number of alkyl halides is 3. The second-order valence-electron chi connectivity index (χ2n) is 6.21. The Kier molecular flexibility index (Phi) is 4.80. The number of aliphatic imine (C=N–C) groups is 1. The van der Waals surface area contributed by atoms with E-state index < -0.39 is 29.5 Å². The average Bonchev–Trinajstić information content (AvgIpc) is 2.98. The minimum atomic E-state index is -4.41. The molecule has 2 atom stereocenters. The van der Waals surface area contributed by atoms with Crippen LogP contribution in [0.5, 0.6) is 0 Å². The van der Waals surface area contributed by atoms with Crippen molar-refractivity contribution in [3.63, 3.8) is 0 Å². The van der Waals surface area contributed by atoms with Crippen molar-refractivity contribution in [1.29, 1.82) is 0 Å². The fourth-order valence-corrected chi connectivity index (χ4v) is 3.04. The van der Waals surface area contributed by atoms with Crippen molar-refractivity contribution < 1.29 is 22.4 Å². The Hall–Kier alpha value is -2.70. The standard InChI is InChI=1S/C19H16F4N2O/c1-11-10-14(12-6-8-13(9-7-12)19(21,22)23)17(24-11)18(26)25-16-5-3-2-4-15(16)20/h2-9,14,17H,10H2,1H3,(H,25,26)/t14-,17+/m0/s1. The van der Waals surface area contributed by atoms with Crippen LogP contribution < -0.4 is 5.32 Å². The largest absolute Gasteiger partial charge is 0.416 e. The number of hydrogen-bond acceptors (Lipinski definition) is 2. The highest BCUT2D eigenvalue weighted by Crippen LogP contribution is 2.35. The van der Waals surface area contributed by atoms with Crippen LogP contribution >= 0.6 is 0 Å². The lowest BCUT2D eigenvalue weighted by atomic mass is 9.89. The summed E-state index contributed by atoms with van der Waals surface area (Å²) in [5, 5.41) is 2.51. The van der Waals surface area contributed by atoms with E-state index in [0.717, 1.165) is 17.8 Å². The number of amides is 1. The molecule has 0 bridgehead atoms. The van der Waals surface area contributed by atoms with Crippen LogP contribution in [0.15, 0.2) is 53.5 Å². The zero-order valence-corrected chi connectivity index (χ0v) is 13.8. The highest BCUT2D eigenvalue weighted by molar-refractivity contribution is 6.00. The molecule has 0 aliphatic carbocycles. The van der Waals surface area contributed by atoms with Gasteiger partial charge in [-0.1, -0.05) is 24.3 Å². The molecule has 1 aliphatic rings. The summed E-state index contributed by atoms with van der Waals surface area (Å²) in [6.45, 7) is 1.76. The quantitative estimate of drug-likeness (QED) is 0.781. The van der Waals surface area contributed by atoms with Crippen molar-refractivity contribution in [3.8, 4) is 0 Å². The maximum absolute atomic E-state index is 13.7. The number of benzene rings is 2. The van der Waals surface area contributed by atoms with Crippen LogP contribution in [0.2, 0.25) is 0 Å². The molecule has 0 aromatic heterocycles. The molecule has 1 amide bonds. The van der Waals surface area contributed by atoms with Gasteiger partial charge in [0.05, 0.1) is 11.3 Å². The fraction of sp³-hybridized carbons (Fsp3) is 0.263. The smallest absolute Gasteiger partial charge is 0.322 e. The van der Waals surface area contributed by atoms with E-state index in [9.17, 15) is 22.4 Å². The summed E-state index contributed by atoms with van der Waals surface area (Å²) < 4.78 is 51.9. The van der Waals surface area contributed by atoms with Crippen LogP contribution in [0.25, 0.3) is 0 Å². The van der Waals surface area contributed by atoms with Gasteiger partial charge in [0.1, 0.15) is 11.9 Å². The van der Waals surface area contributed by atoms with Gasteiger partial charge in [-0.15, -0.1) is 0 Å². The maximum Gasteiger partial charge on any atom is 0.416 e. The van der Waals surface area contributed by atoms with Crippen LogP contribution in [0.1, 0.15) is 30.4 Å². The Morgan fingerprint density at radius 3 is 2.38 bits per heavy atom. The SMILES string of the molecule is CC1=N[C@@H](C(=O)Nc2ccccc2F)[C@H](c2ccc(C(F)(F)F)cc2)C1. The first-order chi connectivity index (χ1) is 12.3. The number of nitrogens with one attached hydrogen (secondary N) is 1. The van der Waals surface area contributed by atoms with E-state index in [1.54, 1.807) is 13.0 Å². The normalized spacial score (nSPS) is 20.0. The van der Waals surface area contributed by atoms with Crippen LogP contribution in [-0.4, -0.2) is 17.7 Å². The van der Waals surface area contributed by atoms with Gasteiger partial charge in [0.25, 0.3) is 0 Å². The summed E-state index contributed by atoms with van der Waals surface area (Å²) >= 11 is 0. The Labute approximate surface area is 147 Å². The number of carbonyl (C=O) groups is 1. The minimum Gasteiger partial charge on any atom is -0.322 e. The lowest BCUT2D eigenvalue weighted by Gasteiger charge is -2.19. The molecule has 2 aromatic carbocycles. The summed E-state index contributed by atoms with van der Waals surface area (Å²) in [6.07, 6.45) is -3.96. The zero-order chi connectivity index (χ0) is 18.9. The molecular weight excluding hydrogens is 348 g/mol. The number of carbonyl (C=O) groups excluding carboxylic acids is 1. The van der Waals surface area contributed by atoms with Gasteiger partial charge in [-0.05, 0) is 43.2 Å². The lowest BCUT2D eigenvalue weighted by molar-refractivity contribution is -0.137. The third-order valence-corrected chi connectivity index (χ3v) is 4.32. The molecule has 1 heterocycles. The highest BCUT2D eigenvalue weighted by atomic mass is 19.4. The molecule has 0 saturated heterocycles. The molecule has 136 valence electrons. The number of hydrogen-bond donors (Lipinski definition) is 1. The first-order valence-corrected chi connectivity index (χ1v) is 8.01. The molecule has 3 rings (SSSR count). The van der Waals surface area contributed by atoms with E-state index in [2.05, 4.69) is 10.3 Å². The molecule has 7 heteroatoms. The number of anilines is 1. The Bertz CT molecular complexity index is 843. The molecular formula is C19H16F4N2O. The molecule has 2 aromatic rings. The van der Waals surface area contributed by atoms with Gasteiger partial charge in [-0.25, -0.2) is 4.39 Å². The van der Waals surface area contributed by atoms with Gasteiger partial charge >= 0.3 is 6.18 Å². The fourth-order valence-electron chi connectivity index (χ4n) is 3.04. The van der Waals surface area contributed by atoms with Gasteiger partial charge in [-0.2, -0.15) is 13.2 Å². The minimum absolute atomic E-state index is 0.0448. The van der Waals surface area contributed by atoms with Crippen LogP contribution in [0.4, 0.5) is 23.2 Å². The lowest BCUT2D eigenvalue weighted by Crippen LogP contribution is -2.30. The van der Waals surface area contributed by atoms with E-state index in [1.165, 1.54) is 30.3 Å². The molecule has 1 aliphatic heterocycles. The second-order valence-corrected chi connectivity index (χ2v) is 6.21. The van der Waals surface area contributed by atoms with Crippen molar-refractivity contribution >= 4 is 17.3 Å². The van der Waals surface area contributed by atoms with E-state index in [0.29, 0.717) is 12.0 Å². The van der Waals surface area contributed by atoms with Gasteiger partial charge < -0.3 is 5.32 Å². The van der Waals surface area contributed by atoms with E-state index in [4.69, 9.17) is 0 Å². The van der Waals surface area contributed by atoms with E-state index >= 15 is 0 Å². The number of rotatable bonds is 3. The molecule has 3 nitrogen and oxygen atoms in total. The molecule has 0 fully saturated rings. The summed E-state index contributed by atoms with van der Waals surface area (Å²) in [5.41, 5.74) is 0.614. The molecule has 0 unspecified atom stereocenters. The van der Waals surface area contributed by atoms with Crippen molar-refractivity contribution in [3.05, 3.63) is 65.5 Å². The summed E-state index contributed by atoms with van der Waals surface area (Å²) in [4.78, 5) is 16.9. The monoisotopic (exact) mass is 364 g/mol. The van der Waals surface area contributed by atoms with Crippen LogP contribution in [0, 0.1) is 5.82 Å². The molecule has 26 heavy (non-hydrogen) atoms. The summed E-state index contributed by atoms with van der Waals surface area (Å²) in [6, 6.07) is 9.67. The van der Waals surface area contributed by atoms with Crippen molar-refractivity contribution in [2.45, 2.75) is 31.5 Å². The molecule has 1 N–H and O–H groups in total. The van der Waals surface area contributed by atoms with Gasteiger partial charge in [0.2, 0.25) is 5.91 Å². The van der Waals surface area contributed by atoms with Crippen LogP contribution in [0.3, 0.4) is 0 Å². The van der Waals surface area contributed by atoms with Crippen LogP contribution in [-0.2, 0) is 11.0 Å². The first kappa shape index (κ1) is 18.1. The Balaban J connectivity index is 1.82. The predicted molar refractivity (Wildman–Crippen MR) is 90.7 cm³/mol. The molecule has 0 spiro atoms. The highest BCUT2D eigenvalue weighted by Gasteiger charge is 2.36. The zero-order valence-electron chi connectivity index (χ0n) is 13.8. The van der Waals surface area contributed by atoms with E-state index in [1.807, 2.05) is 0 Å². The number of halogens is 4. The third-order valence-electron chi connectivity index (χ3n) is 4.32. The molecule has 0 saturated carbocycles. The van der Waals surface area contributed by atoms with Crippen molar-refractivity contribution in [2.24, 2.45) is 4.99 Å². The number of nitrogens with zero attached hydrogens (tertiary/aromatic N) is 1. The number of para-hydroxylation sites is 1. The van der Waals surface area contributed by atoms with E-state index in [-0.39, 0.29) is 11.6 Å². The van der Waals surface area contributed by atoms with Crippen molar-refractivity contribution in [1.82, 2.24) is 0 Å². The topological polar surface area (TPSA) is 41.5 Å². The Morgan fingerprint density at radius 1 is 1.12 bits per heavy atom. The van der Waals surface area contributed by atoms with Crippen molar-refractivity contribution in [2.75, 3.05) is 5.32 Å². The predicted octanol–water partition coefficient (Wildman–Crippen LogP) is 4.80. The van der Waals surface area contributed by atoms with Gasteiger partial charge in [0.15, 0.2) is 0 Å². The third kappa shape index (κ3) is 3.76. The van der Waals surface area contributed by atoms with Gasteiger partial charge in [-0.3, -0.25) is 9.79 Å². The second kappa shape index (κ2) is 6.90. The van der Waals surface area contributed by atoms with Gasteiger partial charge in [0, 0.05) is 11.6 Å². The average molecular weight is 364 g/mol. The Morgan fingerprint density at radius 2 is 1.77 bits per heavy atom. The first-order valence-electron chi connectivity index (χ1n) is 8.01. The maximum atomic E-state index is 13.7.